The zero-order valence-corrected chi connectivity index (χ0v) is 20.5. The molecule has 3 atom stereocenters. The number of ether oxygens (including phenoxy) is 1. The normalized spacial score (nSPS) is 20.6. The number of hydrogen-bond acceptors (Lipinski definition) is 6. The molecule has 0 bridgehead atoms. The number of carbonyl (C=O) groups excluding carboxylic acids is 3. The fourth-order valence-corrected chi connectivity index (χ4v) is 3.73. The highest BCUT2D eigenvalue weighted by atomic mass is 35.5. The number of amides is 3. The predicted molar refractivity (Wildman–Crippen MR) is 127 cm³/mol. The molecule has 0 radical (unpaired) electrons. The lowest BCUT2D eigenvalue weighted by atomic mass is 9.82. The standard InChI is InChI=1S/C21H30ClN5O4S/c1-21(2,3)31-20(30)25-15-10-12(19(32)27(4)5)6-8-14(15)24-17(28)18(29)26-16-9-7-13(22)11-23-16/h7,9,11-12,14-15H,6,8,10H2,1-5H3,(H,24,28)(H,25,30)(H,23,26,29)/t12-,14-,15+/m0/s1. The van der Waals surface area contributed by atoms with Crippen LogP contribution < -0.4 is 16.0 Å². The van der Waals surface area contributed by atoms with Crippen LogP contribution in [0.15, 0.2) is 18.3 Å². The molecule has 0 unspecified atom stereocenters. The summed E-state index contributed by atoms with van der Waals surface area (Å²) in [6, 6.07) is 2.14. The van der Waals surface area contributed by atoms with E-state index in [1.54, 1.807) is 26.8 Å². The third-order valence-corrected chi connectivity index (χ3v) is 5.76. The maximum atomic E-state index is 12.5. The van der Waals surface area contributed by atoms with Crippen molar-refractivity contribution >= 4 is 52.5 Å². The van der Waals surface area contributed by atoms with Crippen LogP contribution in [0.1, 0.15) is 40.0 Å². The summed E-state index contributed by atoms with van der Waals surface area (Å²) in [5.74, 6) is -1.42. The van der Waals surface area contributed by atoms with Crippen LogP contribution in [0.3, 0.4) is 0 Å². The molecular formula is C21H30ClN5O4S. The summed E-state index contributed by atoms with van der Waals surface area (Å²) in [4.78, 5) is 43.8. The van der Waals surface area contributed by atoms with Gasteiger partial charge in [0.2, 0.25) is 0 Å². The minimum atomic E-state index is -0.859. The molecule has 1 aliphatic carbocycles. The van der Waals surface area contributed by atoms with Gasteiger partial charge in [-0.15, -0.1) is 0 Å². The smallest absolute Gasteiger partial charge is 0.407 e. The Morgan fingerprint density at radius 2 is 1.81 bits per heavy atom. The highest BCUT2D eigenvalue weighted by Gasteiger charge is 2.36. The lowest BCUT2D eigenvalue weighted by Gasteiger charge is -2.38. The number of hydrogen-bond donors (Lipinski definition) is 3. The van der Waals surface area contributed by atoms with Crippen molar-refractivity contribution < 1.29 is 19.1 Å². The number of alkyl carbamates (subject to hydrolysis) is 1. The van der Waals surface area contributed by atoms with Gasteiger partial charge in [0.05, 0.1) is 16.1 Å². The Balaban J connectivity index is 2.07. The molecule has 0 aliphatic heterocycles. The Bertz CT molecular complexity index is 857. The summed E-state index contributed by atoms with van der Waals surface area (Å²) in [7, 11) is 3.75. The minimum Gasteiger partial charge on any atom is -0.444 e. The van der Waals surface area contributed by atoms with Crippen molar-refractivity contribution in [3.8, 4) is 0 Å². The van der Waals surface area contributed by atoms with Gasteiger partial charge in [-0.1, -0.05) is 23.8 Å². The zero-order valence-electron chi connectivity index (χ0n) is 18.9. The molecule has 11 heteroatoms. The number of nitrogens with one attached hydrogen (secondary N) is 3. The van der Waals surface area contributed by atoms with Crippen LogP contribution in [0.2, 0.25) is 5.02 Å². The summed E-state index contributed by atoms with van der Waals surface area (Å²) in [5.41, 5.74) is -0.665. The number of nitrogens with zero attached hydrogens (tertiary/aromatic N) is 2. The van der Waals surface area contributed by atoms with Crippen molar-refractivity contribution in [2.75, 3.05) is 19.4 Å². The van der Waals surface area contributed by atoms with Gasteiger partial charge in [-0.25, -0.2) is 9.78 Å². The lowest BCUT2D eigenvalue weighted by molar-refractivity contribution is -0.136. The number of pyridine rings is 1. The van der Waals surface area contributed by atoms with E-state index in [2.05, 4.69) is 20.9 Å². The molecule has 1 aromatic heterocycles. The molecule has 1 saturated carbocycles. The second-order valence-electron chi connectivity index (χ2n) is 8.89. The number of carbonyl (C=O) groups is 3. The molecule has 2 rings (SSSR count). The number of halogens is 1. The average Bonchev–Trinajstić information content (AvgIpc) is 2.68. The fourth-order valence-electron chi connectivity index (χ4n) is 3.41. The molecule has 1 heterocycles. The van der Waals surface area contributed by atoms with Crippen LogP contribution in [-0.2, 0) is 14.3 Å². The first-order valence-electron chi connectivity index (χ1n) is 10.3. The van der Waals surface area contributed by atoms with Gasteiger partial charge in [0.15, 0.2) is 0 Å². The van der Waals surface area contributed by atoms with Gasteiger partial charge in [-0.3, -0.25) is 9.59 Å². The van der Waals surface area contributed by atoms with E-state index < -0.39 is 35.6 Å². The number of thiocarbonyl (C=S) groups is 1. The number of aromatic nitrogens is 1. The van der Waals surface area contributed by atoms with Gasteiger partial charge in [0.1, 0.15) is 11.4 Å². The molecule has 1 aliphatic rings. The first kappa shape index (κ1) is 25.8. The maximum Gasteiger partial charge on any atom is 0.407 e. The summed E-state index contributed by atoms with van der Waals surface area (Å²) >= 11 is 11.3. The number of rotatable bonds is 4. The Morgan fingerprint density at radius 1 is 1.12 bits per heavy atom. The van der Waals surface area contributed by atoms with E-state index in [-0.39, 0.29) is 11.7 Å². The second kappa shape index (κ2) is 10.9. The Labute approximate surface area is 198 Å². The molecule has 9 nitrogen and oxygen atoms in total. The molecule has 0 aromatic carbocycles. The van der Waals surface area contributed by atoms with E-state index in [0.29, 0.717) is 17.9 Å². The SMILES string of the molecule is CN(C)C(=S)[C@H]1CC[C@H](NC(=O)C(=O)Nc2ccc(Cl)cn2)[C@H](NC(=O)OC(C)(C)C)C1. The monoisotopic (exact) mass is 483 g/mol. The van der Waals surface area contributed by atoms with Crippen molar-refractivity contribution in [1.29, 1.82) is 0 Å². The average molecular weight is 484 g/mol. The molecule has 1 aromatic rings. The Kier molecular flexibility index (Phi) is 8.80. The van der Waals surface area contributed by atoms with Crippen molar-refractivity contribution in [3.05, 3.63) is 23.4 Å². The molecule has 0 saturated heterocycles. The summed E-state index contributed by atoms with van der Waals surface area (Å²) < 4.78 is 5.37. The van der Waals surface area contributed by atoms with Crippen LogP contribution >= 0.6 is 23.8 Å². The first-order chi connectivity index (χ1) is 14.9. The summed E-state index contributed by atoms with van der Waals surface area (Å²) in [6.07, 6.45) is 2.55. The van der Waals surface area contributed by atoms with Gasteiger partial charge in [-0.2, -0.15) is 0 Å². The van der Waals surface area contributed by atoms with E-state index in [1.165, 1.54) is 12.3 Å². The largest absolute Gasteiger partial charge is 0.444 e. The van der Waals surface area contributed by atoms with Gasteiger partial charge in [-0.05, 0) is 52.2 Å². The highest BCUT2D eigenvalue weighted by molar-refractivity contribution is 7.80. The maximum absolute atomic E-state index is 12.5. The Hall–Kier alpha value is -2.46. The second-order valence-corrected chi connectivity index (χ2v) is 9.75. The van der Waals surface area contributed by atoms with Crippen molar-refractivity contribution in [1.82, 2.24) is 20.5 Å². The van der Waals surface area contributed by atoms with Gasteiger partial charge < -0.3 is 25.6 Å². The van der Waals surface area contributed by atoms with Gasteiger partial charge >= 0.3 is 17.9 Å². The molecule has 3 amide bonds. The molecule has 32 heavy (non-hydrogen) atoms. The third-order valence-electron chi connectivity index (χ3n) is 4.83. The number of anilines is 1. The van der Waals surface area contributed by atoms with Crippen LogP contribution in [0.4, 0.5) is 10.6 Å². The third kappa shape index (κ3) is 7.90. The van der Waals surface area contributed by atoms with Gasteiger partial charge in [0, 0.05) is 32.3 Å². The Morgan fingerprint density at radius 3 is 2.38 bits per heavy atom. The van der Waals surface area contributed by atoms with Crippen LogP contribution in [-0.4, -0.2) is 64.6 Å². The van der Waals surface area contributed by atoms with Crippen LogP contribution in [0.25, 0.3) is 0 Å². The van der Waals surface area contributed by atoms with E-state index in [1.807, 2.05) is 19.0 Å². The zero-order chi connectivity index (χ0) is 24.1. The van der Waals surface area contributed by atoms with Crippen molar-refractivity contribution in [3.63, 3.8) is 0 Å². The van der Waals surface area contributed by atoms with Gasteiger partial charge in [0.25, 0.3) is 0 Å². The predicted octanol–water partition coefficient (Wildman–Crippen LogP) is 2.74. The molecular weight excluding hydrogens is 454 g/mol. The summed E-state index contributed by atoms with van der Waals surface area (Å²) in [5, 5.41) is 8.40. The quantitative estimate of drug-likeness (QED) is 0.445. The van der Waals surface area contributed by atoms with Crippen molar-refractivity contribution in [2.24, 2.45) is 5.92 Å². The van der Waals surface area contributed by atoms with E-state index in [0.717, 1.165) is 11.4 Å². The fraction of sp³-hybridized carbons (Fsp3) is 0.571. The minimum absolute atomic E-state index is 0.0557. The molecule has 176 valence electrons. The van der Waals surface area contributed by atoms with Crippen LogP contribution in [0.5, 0.6) is 0 Å². The summed E-state index contributed by atoms with van der Waals surface area (Å²) in [6.45, 7) is 5.31. The van der Waals surface area contributed by atoms with Crippen LogP contribution in [0, 0.1) is 5.92 Å². The lowest BCUT2D eigenvalue weighted by Crippen LogP contribution is -2.57. The molecule has 1 fully saturated rings. The van der Waals surface area contributed by atoms with Crippen molar-refractivity contribution in [2.45, 2.75) is 57.7 Å². The van der Waals surface area contributed by atoms with E-state index in [9.17, 15) is 14.4 Å². The topological polar surface area (TPSA) is 113 Å². The highest BCUT2D eigenvalue weighted by Crippen LogP contribution is 2.27. The molecule has 3 N–H and O–H groups in total. The molecule has 0 spiro atoms. The first-order valence-corrected chi connectivity index (χ1v) is 11.1. The van der Waals surface area contributed by atoms with E-state index in [4.69, 9.17) is 28.6 Å². The van der Waals surface area contributed by atoms with E-state index >= 15 is 0 Å².